The van der Waals surface area contributed by atoms with Crippen molar-refractivity contribution in [2.45, 2.75) is 72.2 Å². The smallest absolute Gasteiger partial charge is 0.243 e. The zero-order chi connectivity index (χ0) is 22.5. The molecule has 0 spiro atoms. The topological polar surface area (TPSA) is 47.4 Å². The van der Waals surface area contributed by atoms with Crippen LogP contribution in [0.1, 0.15) is 59.4 Å². The van der Waals surface area contributed by atoms with Crippen LogP contribution in [0.5, 0.6) is 5.75 Å². The van der Waals surface area contributed by atoms with Gasteiger partial charge >= 0.3 is 0 Å². The van der Waals surface area contributed by atoms with E-state index in [-0.39, 0.29) is 30.6 Å². The fraction of sp³-hybridized carbons (Fsp3) is 0.440. The van der Waals surface area contributed by atoms with Crippen LogP contribution in [0.25, 0.3) is 11.0 Å². The van der Waals surface area contributed by atoms with Crippen LogP contribution in [-0.2, 0) is 11.3 Å². The SMILES string of the molecule is CCC(C)N(C(=O)Cn1c(C(C)Oc2ccc(Cl)cc2)nc2ccccc21)C(C)CC. The van der Waals surface area contributed by atoms with Gasteiger partial charge in [-0.2, -0.15) is 0 Å². The zero-order valence-corrected chi connectivity index (χ0v) is 19.8. The van der Waals surface area contributed by atoms with Gasteiger partial charge < -0.3 is 14.2 Å². The number of halogens is 1. The van der Waals surface area contributed by atoms with Gasteiger partial charge in [0.25, 0.3) is 0 Å². The second-order valence-electron chi connectivity index (χ2n) is 8.07. The van der Waals surface area contributed by atoms with Crippen LogP contribution in [0.3, 0.4) is 0 Å². The number of hydrogen-bond donors (Lipinski definition) is 0. The Morgan fingerprint density at radius 2 is 1.65 bits per heavy atom. The Morgan fingerprint density at radius 1 is 1.03 bits per heavy atom. The Kier molecular flexibility index (Phi) is 7.60. The molecule has 0 aliphatic carbocycles. The summed E-state index contributed by atoms with van der Waals surface area (Å²) in [5.41, 5.74) is 1.79. The number of benzene rings is 2. The summed E-state index contributed by atoms with van der Waals surface area (Å²) in [6.45, 7) is 10.7. The predicted octanol–water partition coefficient (Wildman–Crippen LogP) is 6.26. The summed E-state index contributed by atoms with van der Waals surface area (Å²) in [7, 11) is 0. The van der Waals surface area contributed by atoms with E-state index in [2.05, 4.69) is 27.7 Å². The zero-order valence-electron chi connectivity index (χ0n) is 19.0. The molecule has 3 unspecified atom stereocenters. The van der Waals surface area contributed by atoms with Gasteiger partial charge in [0.1, 0.15) is 12.3 Å². The van der Waals surface area contributed by atoms with Gasteiger partial charge in [-0.05, 0) is 70.0 Å². The quantitative estimate of drug-likeness (QED) is 0.394. The van der Waals surface area contributed by atoms with E-state index in [9.17, 15) is 4.79 Å². The summed E-state index contributed by atoms with van der Waals surface area (Å²) in [6.07, 6.45) is 1.51. The van der Waals surface area contributed by atoms with Crippen molar-refractivity contribution in [3.05, 3.63) is 59.4 Å². The number of hydrogen-bond acceptors (Lipinski definition) is 3. The molecule has 3 aromatic rings. The molecule has 0 aliphatic rings. The van der Waals surface area contributed by atoms with Gasteiger partial charge in [-0.25, -0.2) is 4.98 Å². The Labute approximate surface area is 190 Å². The van der Waals surface area contributed by atoms with E-state index >= 15 is 0 Å². The number of imidazole rings is 1. The predicted molar refractivity (Wildman–Crippen MR) is 127 cm³/mol. The lowest BCUT2D eigenvalue weighted by Gasteiger charge is -2.34. The summed E-state index contributed by atoms with van der Waals surface area (Å²) in [4.78, 5) is 20.3. The van der Waals surface area contributed by atoms with Gasteiger partial charge in [-0.15, -0.1) is 0 Å². The monoisotopic (exact) mass is 441 g/mol. The Morgan fingerprint density at radius 3 is 2.26 bits per heavy atom. The highest BCUT2D eigenvalue weighted by Crippen LogP contribution is 2.27. The third-order valence-corrected chi connectivity index (χ3v) is 6.14. The van der Waals surface area contributed by atoms with Gasteiger partial charge in [0.15, 0.2) is 11.9 Å². The van der Waals surface area contributed by atoms with E-state index in [0.717, 1.165) is 29.7 Å². The normalized spacial score (nSPS) is 14.3. The van der Waals surface area contributed by atoms with E-state index in [1.54, 1.807) is 12.1 Å². The third kappa shape index (κ3) is 5.21. The third-order valence-electron chi connectivity index (χ3n) is 5.89. The van der Waals surface area contributed by atoms with E-state index in [1.165, 1.54) is 0 Å². The number of fused-ring (bicyclic) bond motifs is 1. The van der Waals surface area contributed by atoms with Crippen LogP contribution in [0.15, 0.2) is 48.5 Å². The van der Waals surface area contributed by atoms with Crippen LogP contribution >= 0.6 is 11.6 Å². The lowest BCUT2D eigenvalue weighted by molar-refractivity contribution is -0.136. The molecular formula is C25H32ClN3O2. The maximum atomic E-state index is 13.4. The number of ether oxygens (including phenoxy) is 1. The fourth-order valence-electron chi connectivity index (χ4n) is 3.88. The molecule has 1 amide bonds. The first-order valence-corrected chi connectivity index (χ1v) is 11.4. The number of carbonyl (C=O) groups is 1. The number of para-hydroxylation sites is 2. The second-order valence-corrected chi connectivity index (χ2v) is 8.51. The highest BCUT2D eigenvalue weighted by molar-refractivity contribution is 6.30. The number of nitrogens with zero attached hydrogens (tertiary/aromatic N) is 3. The van der Waals surface area contributed by atoms with Crippen molar-refractivity contribution in [2.24, 2.45) is 0 Å². The minimum atomic E-state index is -0.331. The summed E-state index contributed by atoms with van der Waals surface area (Å²) in [5.74, 6) is 1.55. The average molecular weight is 442 g/mol. The summed E-state index contributed by atoms with van der Waals surface area (Å²) in [6, 6.07) is 15.5. The molecule has 1 heterocycles. The van der Waals surface area contributed by atoms with Crippen molar-refractivity contribution in [3.63, 3.8) is 0 Å². The standard InChI is InChI=1S/C25H32ClN3O2/c1-6-17(3)29(18(4)7-2)24(30)16-28-23-11-9-8-10-22(23)27-25(28)19(5)31-21-14-12-20(26)13-15-21/h8-15,17-19H,6-7,16H2,1-5H3. The molecule has 0 saturated carbocycles. The van der Waals surface area contributed by atoms with E-state index < -0.39 is 0 Å². The van der Waals surface area contributed by atoms with Crippen molar-refractivity contribution in [3.8, 4) is 5.75 Å². The molecule has 0 N–H and O–H groups in total. The van der Waals surface area contributed by atoms with Crippen LogP contribution < -0.4 is 4.74 Å². The first-order chi connectivity index (χ1) is 14.8. The highest BCUT2D eigenvalue weighted by atomic mass is 35.5. The summed E-state index contributed by atoms with van der Waals surface area (Å²) >= 11 is 5.99. The maximum Gasteiger partial charge on any atom is 0.243 e. The van der Waals surface area contributed by atoms with Crippen LogP contribution in [0, 0.1) is 0 Å². The fourth-order valence-corrected chi connectivity index (χ4v) is 4.00. The molecule has 6 heteroatoms. The Hall–Kier alpha value is -2.53. The van der Waals surface area contributed by atoms with Gasteiger partial charge in [0.05, 0.1) is 11.0 Å². The second kappa shape index (κ2) is 10.2. The molecule has 0 bridgehead atoms. The minimum absolute atomic E-state index is 0.104. The largest absolute Gasteiger partial charge is 0.483 e. The molecule has 0 aliphatic heterocycles. The molecule has 0 saturated heterocycles. The van der Waals surface area contributed by atoms with Crippen LogP contribution in [0.2, 0.25) is 5.02 Å². The first-order valence-electron chi connectivity index (χ1n) is 11.0. The molecular weight excluding hydrogens is 410 g/mol. The lowest BCUT2D eigenvalue weighted by atomic mass is 10.1. The Balaban J connectivity index is 1.95. The van der Waals surface area contributed by atoms with Gasteiger partial charge in [0.2, 0.25) is 5.91 Å². The highest BCUT2D eigenvalue weighted by Gasteiger charge is 2.26. The first kappa shape index (κ1) is 23.1. The van der Waals surface area contributed by atoms with E-state index in [4.69, 9.17) is 21.3 Å². The van der Waals surface area contributed by atoms with E-state index in [0.29, 0.717) is 10.8 Å². The molecule has 166 valence electrons. The number of rotatable bonds is 9. The van der Waals surface area contributed by atoms with Crippen molar-refractivity contribution >= 4 is 28.5 Å². The molecule has 0 fully saturated rings. The average Bonchev–Trinajstić information content (AvgIpc) is 3.13. The molecule has 3 atom stereocenters. The van der Waals surface area contributed by atoms with Crippen molar-refractivity contribution in [2.75, 3.05) is 0 Å². The molecule has 2 aromatic carbocycles. The van der Waals surface area contributed by atoms with E-state index in [1.807, 2.05) is 52.8 Å². The van der Waals surface area contributed by atoms with Crippen LogP contribution in [0.4, 0.5) is 0 Å². The number of aromatic nitrogens is 2. The molecule has 31 heavy (non-hydrogen) atoms. The molecule has 5 nitrogen and oxygen atoms in total. The Bertz CT molecular complexity index is 1010. The lowest BCUT2D eigenvalue weighted by Crippen LogP contribution is -2.46. The van der Waals surface area contributed by atoms with Gasteiger partial charge in [0, 0.05) is 17.1 Å². The van der Waals surface area contributed by atoms with Crippen molar-refractivity contribution in [1.29, 1.82) is 0 Å². The van der Waals surface area contributed by atoms with Gasteiger partial charge in [-0.1, -0.05) is 37.6 Å². The minimum Gasteiger partial charge on any atom is -0.483 e. The maximum absolute atomic E-state index is 13.4. The van der Waals surface area contributed by atoms with Crippen molar-refractivity contribution < 1.29 is 9.53 Å². The van der Waals surface area contributed by atoms with Crippen molar-refractivity contribution in [1.82, 2.24) is 14.5 Å². The summed E-state index contributed by atoms with van der Waals surface area (Å²) in [5, 5.41) is 0.660. The number of amides is 1. The number of carbonyl (C=O) groups excluding carboxylic acids is 1. The summed E-state index contributed by atoms with van der Waals surface area (Å²) < 4.78 is 8.13. The molecule has 0 radical (unpaired) electrons. The van der Waals surface area contributed by atoms with Gasteiger partial charge in [-0.3, -0.25) is 4.79 Å². The molecule has 3 rings (SSSR count). The van der Waals surface area contributed by atoms with Crippen LogP contribution in [-0.4, -0.2) is 32.4 Å². The molecule has 1 aromatic heterocycles.